The van der Waals surface area contributed by atoms with Gasteiger partial charge < -0.3 is 5.11 Å². The lowest BCUT2D eigenvalue weighted by atomic mass is 10.0. The van der Waals surface area contributed by atoms with Gasteiger partial charge in [0.2, 0.25) is 5.91 Å². The first kappa shape index (κ1) is 18.3. The Hall–Kier alpha value is -4.06. The number of aromatic hydroxyl groups is 1. The molecule has 0 spiro atoms. The van der Waals surface area contributed by atoms with Crippen molar-refractivity contribution in [2.45, 2.75) is 6.92 Å². The van der Waals surface area contributed by atoms with Gasteiger partial charge in [0.15, 0.2) is 5.82 Å². The summed E-state index contributed by atoms with van der Waals surface area (Å²) < 4.78 is 0. The number of benzene rings is 3. The summed E-state index contributed by atoms with van der Waals surface area (Å²) in [7, 11) is 0. The Balaban J connectivity index is 1.81. The van der Waals surface area contributed by atoms with Crippen LogP contribution in [0.3, 0.4) is 0 Å². The van der Waals surface area contributed by atoms with Crippen molar-refractivity contribution in [1.82, 2.24) is 10.2 Å². The summed E-state index contributed by atoms with van der Waals surface area (Å²) in [5.41, 5.74) is 2.44. The molecule has 0 aliphatic carbocycles. The fraction of sp³-hybridized carbons (Fsp3) is 0.0435. The molecule has 1 heterocycles. The first-order chi connectivity index (χ1) is 14.1. The molecule has 142 valence electrons. The second-order valence-corrected chi connectivity index (χ2v) is 6.45. The molecule has 6 nitrogen and oxygen atoms in total. The fourth-order valence-electron chi connectivity index (χ4n) is 3.03. The molecule has 0 saturated heterocycles. The summed E-state index contributed by atoms with van der Waals surface area (Å²) in [6.07, 6.45) is 1.54. The van der Waals surface area contributed by atoms with Crippen LogP contribution in [0, 0.1) is 0 Å². The van der Waals surface area contributed by atoms with Gasteiger partial charge in [0.05, 0.1) is 6.21 Å². The Morgan fingerprint density at radius 3 is 2.24 bits per heavy atom. The molecule has 0 aliphatic rings. The molecule has 6 heteroatoms. The highest BCUT2D eigenvalue weighted by Crippen LogP contribution is 2.31. The number of rotatable bonds is 4. The van der Waals surface area contributed by atoms with Crippen LogP contribution in [0.1, 0.15) is 12.5 Å². The molecule has 3 aromatic carbocycles. The van der Waals surface area contributed by atoms with Crippen molar-refractivity contribution in [3.63, 3.8) is 0 Å². The summed E-state index contributed by atoms with van der Waals surface area (Å²) in [5.74, 6) is 0.244. The Bertz CT molecular complexity index is 1190. The van der Waals surface area contributed by atoms with E-state index in [-0.39, 0.29) is 11.7 Å². The first-order valence-electron chi connectivity index (χ1n) is 9.08. The van der Waals surface area contributed by atoms with Crippen LogP contribution >= 0.6 is 0 Å². The van der Waals surface area contributed by atoms with Crippen LogP contribution in [0.2, 0.25) is 0 Å². The Kier molecular flexibility index (Phi) is 4.99. The van der Waals surface area contributed by atoms with Gasteiger partial charge in [-0.3, -0.25) is 4.79 Å². The van der Waals surface area contributed by atoms with E-state index >= 15 is 0 Å². The average molecular weight is 382 g/mol. The molecule has 1 amide bonds. The summed E-state index contributed by atoms with van der Waals surface area (Å²) >= 11 is 0. The van der Waals surface area contributed by atoms with Crippen molar-refractivity contribution in [3.05, 3.63) is 84.4 Å². The minimum atomic E-state index is -0.285. The number of hydrazone groups is 1. The molecular formula is C23H18N4O2. The number of fused-ring (bicyclic) bond motifs is 1. The second kappa shape index (κ2) is 7.90. The number of carbonyl (C=O) groups is 1. The van der Waals surface area contributed by atoms with Crippen LogP contribution in [0.4, 0.5) is 5.82 Å². The SMILES string of the molecule is CC(=O)N(/N=C/c1ccc(O)cc1)c1nnc(-c2ccccc2)c2ccccc12. The van der Waals surface area contributed by atoms with Gasteiger partial charge in [-0.15, -0.1) is 10.2 Å². The van der Waals surface area contributed by atoms with Gasteiger partial charge in [-0.2, -0.15) is 10.1 Å². The molecule has 0 atom stereocenters. The Morgan fingerprint density at radius 2 is 1.55 bits per heavy atom. The molecule has 4 aromatic rings. The lowest BCUT2D eigenvalue weighted by Gasteiger charge is -2.16. The maximum absolute atomic E-state index is 12.3. The van der Waals surface area contributed by atoms with Crippen LogP contribution in [0.5, 0.6) is 5.75 Å². The molecule has 0 radical (unpaired) electrons. The van der Waals surface area contributed by atoms with Crippen molar-refractivity contribution in [3.8, 4) is 17.0 Å². The van der Waals surface area contributed by atoms with Gasteiger partial charge in [-0.05, 0) is 29.8 Å². The zero-order valence-corrected chi connectivity index (χ0v) is 15.7. The van der Waals surface area contributed by atoms with Gasteiger partial charge >= 0.3 is 0 Å². The minimum absolute atomic E-state index is 0.166. The lowest BCUT2D eigenvalue weighted by molar-refractivity contribution is -0.116. The highest BCUT2D eigenvalue weighted by Gasteiger charge is 2.18. The normalized spacial score (nSPS) is 11.1. The number of hydrogen-bond acceptors (Lipinski definition) is 5. The fourth-order valence-corrected chi connectivity index (χ4v) is 3.03. The molecule has 1 aromatic heterocycles. The van der Waals surface area contributed by atoms with E-state index in [0.717, 1.165) is 27.6 Å². The largest absolute Gasteiger partial charge is 0.508 e. The smallest absolute Gasteiger partial charge is 0.245 e. The van der Waals surface area contributed by atoms with Gasteiger partial charge in [0, 0.05) is 23.3 Å². The number of hydrogen-bond donors (Lipinski definition) is 1. The number of amides is 1. The Morgan fingerprint density at radius 1 is 0.897 bits per heavy atom. The van der Waals surface area contributed by atoms with Crippen LogP contribution in [-0.2, 0) is 4.79 Å². The van der Waals surface area contributed by atoms with Crippen molar-refractivity contribution in [2.24, 2.45) is 5.10 Å². The number of phenols is 1. The third-order valence-electron chi connectivity index (χ3n) is 4.43. The number of aromatic nitrogens is 2. The van der Waals surface area contributed by atoms with E-state index in [1.165, 1.54) is 11.9 Å². The predicted molar refractivity (Wildman–Crippen MR) is 114 cm³/mol. The molecule has 1 N–H and O–H groups in total. The van der Waals surface area contributed by atoms with Crippen molar-refractivity contribution in [1.29, 1.82) is 0 Å². The van der Waals surface area contributed by atoms with E-state index in [2.05, 4.69) is 15.3 Å². The molecule has 0 saturated carbocycles. The van der Waals surface area contributed by atoms with Gasteiger partial charge in [0.1, 0.15) is 11.4 Å². The molecule has 0 bridgehead atoms. The van der Waals surface area contributed by atoms with Crippen LogP contribution in [0.15, 0.2) is 84.0 Å². The van der Waals surface area contributed by atoms with Crippen LogP contribution in [-0.4, -0.2) is 27.4 Å². The van der Waals surface area contributed by atoms with Crippen molar-refractivity contribution >= 4 is 28.7 Å². The van der Waals surface area contributed by atoms with Crippen LogP contribution in [0.25, 0.3) is 22.0 Å². The molecule has 29 heavy (non-hydrogen) atoms. The zero-order chi connectivity index (χ0) is 20.2. The van der Waals surface area contributed by atoms with Crippen LogP contribution < -0.4 is 5.01 Å². The minimum Gasteiger partial charge on any atom is -0.508 e. The number of phenolic OH excluding ortho intramolecular Hbond substituents is 1. The van der Waals surface area contributed by atoms with E-state index in [9.17, 15) is 9.90 Å². The maximum Gasteiger partial charge on any atom is 0.245 e. The maximum atomic E-state index is 12.3. The summed E-state index contributed by atoms with van der Waals surface area (Å²) in [6, 6.07) is 24.0. The highest BCUT2D eigenvalue weighted by atomic mass is 16.3. The topological polar surface area (TPSA) is 78.7 Å². The first-order valence-corrected chi connectivity index (χ1v) is 9.08. The molecule has 4 rings (SSSR count). The highest BCUT2D eigenvalue weighted by molar-refractivity contribution is 6.05. The number of carbonyl (C=O) groups excluding carboxylic acids is 1. The van der Waals surface area contributed by atoms with E-state index in [4.69, 9.17) is 0 Å². The predicted octanol–water partition coefficient (Wildman–Crippen LogP) is 4.39. The quantitative estimate of drug-likeness (QED) is 0.419. The molecular weight excluding hydrogens is 364 g/mol. The summed E-state index contributed by atoms with van der Waals surface area (Å²) in [5, 5.41) is 25.4. The molecule has 0 fully saturated rings. The second-order valence-electron chi connectivity index (χ2n) is 6.45. The van der Waals surface area contributed by atoms with E-state index in [0.29, 0.717) is 5.82 Å². The van der Waals surface area contributed by atoms with Gasteiger partial charge in [-0.25, -0.2) is 0 Å². The monoisotopic (exact) mass is 382 g/mol. The van der Waals surface area contributed by atoms with Crippen molar-refractivity contribution < 1.29 is 9.90 Å². The number of anilines is 1. The van der Waals surface area contributed by atoms with E-state index in [1.807, 2.05) is 54.6 Å². The molecule has 0 aliphatic heterocycles. The Labute approximate surface area is 167 Å². The zero-order valence-electron chi connectivity index (χ0n) is 15.7. The lowest BCUT2D eigenvalue weighted by Crippen LogP contribution is -2.24. The summed E-state index contributed by atoms with van der Waals surface area (Å²) in [6.45, 7) is 1.43. The van der Waals surface area contributed by atoms with E-state index < -0.39 is 0 Å². The third kappa shape index (κ3) is 3.82. The van der Waals surface area contributed by atoms with E-state index in [1.54, 1.807) is 30.5 Å². The van der Waals surface area contributed by atoms with Gasteiger partial charge in [0.25, 0.3) is 0 Å². The molecule has 0 unspecified atom stereocenters. The average Bonchev–Trinajstić information content (AvgIpc) is 2.75. The standard InChI is InChI=1S/C23H18N4O2/c1-16(28)27(24-15-17-11-13-19(29)14-12-17)23-21-10-6-5-9-20(21)22(25-26-23)18-7-3-2-4-8-18/h2-15,29H,1H3/b24-15+. The van der Waals surface area contributed by atoms with Gasteiger partial charge in [-0.1, -0.05) is 54.6 Å². The van der Waals surface area contributed by atoms with Crippen molar-refractivity contribution in [2.75, 3.05) is 5.01 Å². The number of nitrogens with zero attached hydrogens (tertiary/aromatic N) is 4. The third-order valence-corrected chi connectivity index (χ3v) is 4.43. The summed E-state index contributed by atoms with van der Waals surface area (Å²) in [4.78, 5) is 12.3.